The third-order valence-electron chi connectivity index (χ3n) is 2.88. The highest BCUT2D eigenvalue weighted by Gasteiger charge is 2.08. The van der Waals surface area contributed by atoms with Crippen LogP contribution in [-0.2, 0) is 10.1 Å². The van der Waals surface area contributed by atoms with Gasteiger partial charge in [-0.05, 0) is 30.3 Å². The predicted octanol–water partition coefficient (Wildman–Crippen LogP) is 0.171. The van der Waals surface area contributed by atoms with Crippen molar-refractivity contribution in [3.05, 3.63) is 48.0 Å². The minimum atomic E-state index is -3.92. The van der Waals surface area contributed by atoms with Crippen molar-refractivity contribution in [3.8, 4) is 10.6 Å². The molecule has 6 N–H and O–H groups in total. The summed E-state index contributed by atoms with van der Waals surface area (Å²) in [5, 5.41) is 6.51. The van der Waals surface area contributed by atoms with Gasteiger partial charge in [0.2, 0.25) is 0 Å². The second-order valence-electron chi connectivity index (χ2n) is 4.98. The number of thiazole rings is 1. The molecule has 2 aromatic carbocycles. The molecule has 9 heteroatoms. The summed E-state index contributed by atoms with van der Waals surface area (Å²) >= 11 is 1.62. The van der Waals surface area contributed by atoms with Gasteiger partial charge in [-0.3, -0.25) is 11.1 Å². The molecule has 0 aliphatic carbocycles. The van der Waals surface area contributed by atoms with Crippen LogP contribution in [0.3, 0.4) is 0 Å². The zero-order chi connectivity index (χ0) is 17.9. The highest BCUT2D eigenvalue weighted by atomic mass is 32.2. The number of nitrogens with zero attached hydrogens (tertiary/aromatic N) is 1. The van der Waals surface area contributed by atoms with Crippen molar-refractivity contribution in [2.24, 2.45) is 5.73 Å². The third-order valence-corrected chi connectivity index (χ3v) is 3.94. The molecule has 0 radical (unpaired) electrons. The largest absolute Gasteiger partial charge is 0.748 e. The van der Waals surface area contributed by atoms with E-state index in [0.717, 1.165) is 32.0 Å². The molecule has 24 heavy (non-hydrogen) atoms. The molecular weight excluding hydrogens is 348 g/mol. The molecular formula is C15H16N4O3S2. The van der Waals surface area contributed by atoms with Gasteiger partial charge in [0.25, 0.3) is 5.84 Å². The molecule has 3 aromatic rings. The van der Waals surface area contributed by atoms with Gasteiger partial charge in [0.15, 0.2) is 0 Å². The van der Waals surface area contributed by atoms with Crippen LogP contribution in [0.5, 0.6) is 0 Å². The first-order valence-electron chi connectivity index (χ1n) is 6.69. The first-order chi connectivity index (χ1) is 11.1. The summed E-state index contributed by atoms with van der Waals surface area (Å²) in [6, 6.07) is 13.5. The molecule has 0 amide bonds. The van der Waals surface area contributed by atoms with Crippen LogP contribution in [0.2, 0.25) is 0 Å². The normalized spacial score (nSPS) is 10.9. The van der Waals surface area contributed by atoms with Crippen LogP contribution in [0.25, 0.3) is 20.8 Å². The van der Waals surface area contributed by atoms with Crippen molar-refractivity contribution >= 4 is 43.2 Å². The number of rotatable bonds is 2. The van der Waals surface area contributed by atoms with E-state index in [1.807, 2.05) is 42.5 Å². The van der Waals surface area contributed by atoms with Gasteiger partial charge in [0.05, 0.1) is 25.9 Å². The smallest absolute Gasteiger partial charge is 0.270 e. The monoisotopic (exact) mass is 364 g/mol. The zero-order valence-corrected chi connectivity index (χ0v) is 14.4. The summed E-state index contributed by atoms with van der Waals surface area (Å²) in [6.07, 6.45) is 0.604. The Bertz CT molecular complexity index is 972. The molecule has 0 spiro atoms. The van der Waals surface area contributed by atoms with Gasteiger partial charge in [0, 0.05) is 17.5 Å². The number of aromatic nitrogens is 1. The number of amidine groups is 1. The maximum atomic E-state index is 9.08. The van der Waals surface area contributed by atoms with E-state index in [1.165, 1.54) is 0 Å². The van der Waals surface area contributed by atoms with Gasteiger partial charge >= 0.3 is 0 Å². The van der Waals surface area contributed by atoms with Gasteiger partial charge in [-0.15, -0.1) is 11.3 Å². The average molecular weight is 364 g/mol. The Morgan fingerprint density at radius 1 is 1.21 bits per heavy atom. The molecule has 0 atom stereocenters. The Morgan fingerprint density at radius 3 is 2.33 bits per heavy atom. The Kier molecular flexibility index (Phi) is 5.17. The Balaban J connectivity index is 0.000000368. The number of benzene rings is 2. The van der Waals surface area contributed by atoms with Crippen molar-refractivity contribution in [1.29, 1.82) is 0 Å². The maximum absolute atomic E-state index is 9.08. The van der Waals surface area contributed by atoms with E-state index in [2.05, 4.69) is 4.98 Å². The van der Waals surface area contributed by atoms with Crippen molar-refractivity contribution in [2.45, 2.75) is 0 Å². The average Bonchev–Trinajstić information content (AvgIpc) is 2.88. The Hall–Kier alpha value is -2.49. The first kappa shape index (κ1) is 17.9. The minimum absolute atomic E-state index is 0.323. The lowest BCUT2D eigenvalue weighted by Crippen LogP contribution is -2.46. The van der Waals surface area contributed by atoms with E-state index >= 15 is 0 Å². The molecule has 0 aliphatic heterocycles. The topological polar surface area (TPSA) is 148 Å². The second kappa shape index (κ2) is 6.95. The highest BCUT2D eigenvalue weighted by Crippen LogP contribution is 2.31. The summed E-state index contributed by atoms with van der Waals surface area (Å²) in [5.41, 5.74) is 14.9. The molecule has 1 heterocycles. The molecule has 126 valence electrons. The Morgan fingerprint density at radius 2 is 1.79 bits per heavy atom. The van der Waals surface area contributed by atoms with Gasteiger partial charge in [-0.2, -0.15) is 0 Å². The molecule has 0 saturated heterocycles. The van der Waals surface area contributed by atoms with E-state index < -0.39 is 10.1 Å². The van der Waals surface area contributed by atoms with Crippen LogP contribution >= 0.6 is 11.3 Å². The summed E-state index contributed by atoms with van der Waals surface area (Å²) < 4.78 is 28.3. The van der Waals surface area contributed by atoms with Crippen LogP contribution < -0.4 is 16.9 Å². The molecule has 0 bridgehead atoms. The zero-order valence-electron chi connectivity index (χ0n) is 12.8. The fourth-order valence-corrected chi connectivity index (χ4v) is 2.89. The molecule has 0 aliphatic rings. The van der Waals surface area contributed by atoms with Crippen molar-refractivity contribution < 1.29 is 18.4 Å². The minimum Gasteiger partial charge on any atom is -0.748 e. The summed E-state index contributed by atoms with van der Waals surface area (Å²) in [6.45, 7) is 0. The highest BCUT2D eigenvalue weighted by molar-refractivity contribution is 7.84. The van der Waals surface area contributed by atoms with Crippen LogP contribution in [0.1, 0.15) is 5.56 Å². The van der Waals surface area contributed by atoms with E-state index in [9.17, 15) is 0 Å². The number of fused-ring (bicyclic) bond motifs is 1. The summed E-state index contributed by atoms with van der Waals surface area (Å²) in [5.74, 6) is 0.323. The molecule has 0 fully saturated rings. The number of hydrogen-bond donors (Lipinski definition) is 3. The van der Waals surface area contributed by atoms with Crippen molar-refractivity contribution in [2.75, 3.05) is 12.0 Å². The molecule has 0 saturated carbocycles. The van der Waals surface area contributed by atoms with Gasteiger partial charge in [-0.25, -0.2) is 13.4 Å². The van der Waals surface area contributed by atoms with Gasteiger partial charge < -0.3 is 10.3 Å². The molecule has 0 unspecified atom stereocenters. The van der Waals surface area contributed by atoms with Crippen LogP contribution in [0.15, 0.2) is 42.5 Å². The SMILES string of the molecule is CS(=O)(=O)[O-].NC(=[NH2+])c1ccc(-c2nc3ccc(N)cc3s2)cc1. The van der Waals surface area contributed by atoms with Gasteiger partial charge in [0.1, 0.15) is 5.01 Å². The lowest BCUT2D eigenvalue weighted by atomic mass is 10.1. The third kappa shape index (κ3) is 5.01. The van der Waals surface area contributed by atoms with Gasteiger partial charge in [-0.1, -0.05) is 12.1 Å². The second-order valence-corrected chi connectivity index (χ2v) is 7.42. The predicted molar refractivity (Wildman–Crippen MR) is 95.3 cm³/mol. The van der Waals surface area contributed by atoms with E-state index in [-0.39, 0.29) is 0 Å². The molecule has 7 nitrogen and oxygen atoms in total. The number of anilines is 1. The van der Waals surface area contributed by atoms with E-state index in [4.69, 9.17) is 29.8 Å². The fraction of sp³-hybridized carbons (Fsp3) is 0.0667. The summed E-state index contributed by atoms with van der Waals surface area (Å²) in [7, 11) is -3.92. The molecule has 3 rings (SSSR count). The van der Waals surface area contributed by atoms with Crippen LogP contribution in [0.4, 0.5) is 5.69 Å². The van der Waals surface area contributed by atoms with Crippen molar-refractivity contribution in [1.82, 2.24) is 4.98 Å². The number of hydrogen-bond acceptors (Lipinski definition) is 6. The fourth-order valence-electron chi connectivity index (χ4n) is 1.87. The van der Waals surface area contributed by atoms with E-state index in [0.29, 0.717) is 12.1 Å². The summed E-state index contributed by atoms with van der Waals surface area (Å²) in [4.78, 5) is 4.59. The number of nitrogens with two attached hydrogens (primary N) is 3. The number of nitrogen functional groups attached to an aromatic ring is 1. The van der Waals surface area contributed by atoms with Crippen LogP contribution in [0, 0.1) is 0 Å². The lowest BCUT2D eigenvalue weighted by molar-refractivity contribution is -0.114. The van der Waals surface area contributed by atoms with Crippen molar-refractivity contribution in [3.63, 3.8) is 0 Å². The maximum Gasteiger partial charge on any atom is 0.270 e. The lowest BCUT2D eigenvalue weighted by Gasteiger charge is -1.96. The Labute approximate surface area is 143 Å². The molecule has 1 aromatic heterocycles. The van der Waals surface area contributed by atoms with E-state index in [1.54, 1.807) is 11.3 Å². The first-order valence-corrected chi connectivity index (χ1v) is 9.32. The quantitative estimate of drug-likeness (QED) is 0.255. The standard InChI is InChI=1S/C14H12N4S.CH4O3S/c15-10-5-6-11-12(7-10)19-14(18-11)9-3-1-8(2-4-9)13(16)17;1-5(2,3)4/h1-7H,15H2,(H3,16,17);1H3,(H,2,3,4). The van der Waals surface area contributed by atoms with Crippen LogP contribution in [-0.4, -0.2) is 30.0 Å².